The molecule has 2 nitrogen and oxygen atoms in total. The van der Waals surface area contributed by atoms with Crippen LogP contribution in [0.5, 0.6) is 0 Å². The van der Waals surface area contributed by atoms with Crippen molar-refractivity contribution < 1.29 is 4.79 Å². The van der Waals surface area contributed by atoms with E-state index in [2.05, 4.69) is 30.4 Å². The van der Waals surface area contributed by atoms with Crippen LogP contribution in [0.3, 0.4) is 0 Å². The molecule has 0 heterocycles. The van der Waals surface area contributed by atoms with Gasteiger partial charge in [0.2, 0.25) is 0 Å². The van der Waals surface area contributed by atoms with Gasteiger partial charge in [-0.25, -0.2) is 0 Å². The van der Waals surface area contributed by atoms with Crippen LogP contribution in [-0.4, -0.2) is 18.9 Å². The van der Waals surface area contributed by atoms with E-state index in [0.29, 0.717) is 18.6 Å². The number of carbonyl (C=O) groups is 1. The van der Waals surface area contributed by atoms with Crippen molar-refractivity contribution in [2.45, 2.75) is 19.8 Å². The van der Waals surface area contributed by atoms with Crippen LogP contribution in [0.25, 0.3) is 10.8 Å². The molecule has 0 aliphatic heterocycles. The quantitative estimate of drug-likeness (QED) is 0.788. The predicted molar refractivity (Wildman–Crippen MR) is 75.8 cm³/mol. The van der Waals surface area contributed by atoms with Crippen LogP contribution in [0.2, 0.25) is 0 Å². The summed E-state index contributed by atoms with van der Waals surface area (Å²) in [5, 5.41) is 5.58. The Bertz CT molecular complexity index is 528. The van der Waals surface area contributed by atoms with E-state index >= 15 is 0 Å². The molecule has 94 valence electrons. The van der Waals surface area contributed by atoms with E-state index in [1.807, 2.05) is 24.3 Å². The molecule has 0 amide bonds. The number of Topliss-reactive ketones (excluding diaryl/α,β-unsaturated/α-hetero) is 1. The van der Waals surface area contributed by atoms with Gasteiger partial charge in [-0.15, -0.1) is 0 Å². The average Bonchev–Trinajstić information content (AvgIpc) is 2.39. The van der Waals surface area contributed by atoms with Crippen LogP contribution in [-0.2, 0) is 11.2 Å². The van der Waals surface area contributed by atoms with E-state index in [-0.39, 0.29) is 0 Å². The summed E-state index contributed by atoms with van der Waals surface area (Å²) in [5.41, 5.74) is 1.13. The summed E-state index contributed by atoms with van der Waals surface area (Å²) in [7, 11) is 0. The lowest BCUT2D eigenvalue weighted by atomic mass is 9.99. The maximum Gasteiger partial charge on any atom is 0.138 e. The fraction of sp³-hybridized carbons (Fsp3) is 0.312. The molecule has 0 unspecified atom stereocenters. The van der Waals surface area contributed by atoms with Crippen molar-refractivity contribution in [3.05, 3.63) is 48.0 Å². The van der Waals surface area contributed by atoms with Gasteiger partial charge in [-0.3, -0.25) is 4.79 Å². The first-order valence-electron chi connectivity index (χ1n) is 6.50. The molecule has 0 aliphatic carbocycles. The van der Waals surface area contributed by atoms with E-state index in [9.17, 15) is 4.79 Å². The third-order valence-corrected chi connectivity index (χ3v) is 3.10. The molecule has 0 bridgehead atoms. The third kappa shape index (κ3) is 3.17. The second kappa shape index (κ2) is 6.31. The third-order valence-electron chi connectivity index (χ3n) is 3.10. The molecule has 0 fully saturated rings. The van der Waals surface area contributed by atoms with Crippen molar-refractivity contribution in [1.29, 1.82) is 0 Å². The normalized spacial score (nSPS) is 10.7. The van der Waals surface area contributed by atoms with Crippen LogP contribution < -0.4 is 5.32 Å². The van der Waals surface area contributed by atoms with E-state index in [0.717, 1.165) is 18.7 Å². The number of hydrogen-bond donors (Lipinski definition) is 1. The lowest BCUT2D eigenvalue weighted by molar-refractivity contribution is -0.118. The van der Waals surface area contributed by atoms with Crippen LogP contribution in [0, 0.1) is 0 Å². The molecule has 0 radical (unpaired) electrons. The van der Waals surface area contributed by atoms with Crippen LogP contribution in [0.4, 0.5) is 0 Å². The Morgan fingerprint density at radius 3 is 2.72 bits per heavy atom. The summed E-state index contributed by atoms with van der Waals surface area (Å²) < 4.78 is 0. The van der Waals surface area contributed by atoms with Crippen LogP contribution >= 0.6 is 0 Å². The first-order valence-corrected chi connectivity index (χ1v) is 6.50. The molecule has 0 atom stereocenters. The summed E-state index contributed by atoms with van der Waals surface area (Å²) in [6.07, 6.45) is 1.14. The van der Waals surface area contributed by atoms with Crippen molar-refractivity contribution in [2.24, 2.45) is 0 Å². The minimum atomic E-state index is 0.298. The SMILES string of the molecule is CCNCCC(=O)Cc1cccc2ccccc12. The number of carbonyl (C=O) groups excluding carboxylic acids is 1. The minimum absolute atomic E-state index is 0.298. The standard InChI is InChI=1S/C16H19NO/c1-2-17-11-10-15(18)12-14-8-5-7-13-6-3-4-9-16(13)14/h3-9,17H,2,10-12H2,1H3. The molecule has 2 aromatic carbocycles. The fourth-order valence-electron chi connectivity index (χ4n) is 2.15. The van der Waals surface area contributed by atoms with Gasteiger partial charge in [0.05, 0.1) is 0 Å². The number of rotatable bonds is 6. The van der Waals surface area contributed by atoms with Crippen molar-refractivity contribution >= 4 is 16.6 Å². The topological polar surface area (TPSA) is 29.1 Å². The monoisotopic (exact) mass is 241 g/mol. The molecular formula is C16H19NO. The number of fused-ring (bicyclic) bond motifs is 1. The van der Waals surface area contributed by atoms with Crippen molar-refractivity contribution in [3.63, 3.8) is 0 Å². The summed E-state index contributed by atoms with van der Waals surface area (Å²) in [6, 6.07) is 14.4. The molecule has 2 aromatic rings. The smallest absolute Gasteiger partial charge is 0.138 e. The molecule has 0 saturated carbocycles. The Labute approximate surface area is 108 Å². The highest BCUT2D eigenvalue weighted by molar-refractivity contribution is 5.90. The minimum Gasteiger partial charge on any atom is -0.317 e. The van der Waals surface area contributed by atoms with E-state index in [4.69, 9.17) is 0 Å². The summed E-state index contributed by atoms with van der Waals surface area (Å²) in [4.78, 5) is 11.9. The van der Waals surface area contributed by atoms with Crippen LogP contribution in [0.15, 0.2) is 42.5 Å². The van der Waals surface area contributed by atoms with Gasteiger partial charge in [0.15, 0.2) is 0 Å². The first kappa shape index (κ1) is 12.8. The largest absolute Gasteiger partial charge is 0.317 e. The average molecular weight is 241 g/mol. The summed E-state index contributed by atoms with van der Waals surface area (Å²) >= 11 is 0. The first-order chi connectivity index (χ1) is 8.81. The molecule has 18 heavy (non-hydrogen) atoms. The lowest BCUT2D eigenvalue weighted by Crippen LogP contribution is -2.18. The molecule has 0 aromatic heterocycles. The van der Waals surface area contributed by atoms with Gasteiger partial charge in [-0.2, -0.15) is 0 Å². The van der Waals surface area contributed by atoms with Gasteiger partial charge in [0, 0.05) is 19.4 Å². The molecule has 0 spiro atoms. The zero-order chi connectivity index (χ0) is 12.8. The number of ketones is 1. The molecular weight excluding hydrogens is 222 g/mol. The summed E-state index contributed by atoms with van der Waals surface area (Å²) in [6.45, 7) is 3.75. The highest BCUT2D eigenvalue weighted by Gasteiger charge is 2.06. The van der Waals surface area contributed by atoms with Gasteiger partial charge in [-0.05, 0) is 22.9 Å². The molecule has 2 heteroatoms. The lowest BCUT2D eigenvalue weighted by Gasteiger charge is -2.06. The van der Waals surface area contributed by atoms with Gasteiger partial charge < -0.3 is 5.32 Å². The molecule has 0 saturated heterocycles. The van der Waals surface area contributed by atoms with Crippen LogP contribution in [0.1, 0.15) is 18.9 Å². The highest BCUT2D eigenvalue weighted by Crippen LogP contribution is 2.19. The van der Waals surface area contributed by atoms with Crippen molar-refractivity contribution in [1.82, 2.24) is 5.32 Å². The van der Waals surface area contributed by atoms with E-state index in [1.54, 1.807) is 0 Å². The van der Waals surface area contributed by atoms with Gasteiger partial charge in [-0.1, -0.05) is 49.4 Å². The van der Waals surface area contributed by atoms with E-state index < -0.39 is 0 Å². The fourth-order valence-corrected chi connectivity index (χ4v) is 2.15. The highest BCUT2D eigenvalue weighted by atomic mass is 16.1. The number of benzene rings is 2. The molecule has 2 rings (SSSR count). The number of nitrogens with one attached hydrogen (secondary N) is 1. The Hall–Kier alpha value is -1.67. The zero-order valence-electron chi connectivity index (χ0n) is 10.8. The Morgan fingerprint density at radius 2 is 1.89 bits per heavy atom. The van der Waals surface area contributed by atoms with Crippen molar-refractivity contribution in [2.75, 3.05) is 13.1 Å². The zero-order valence-corrected chi connectivity index (χ0v) is 10.8. The van der Waals surface area contributed by atoms with Crippen molar-refractivity contribution in [3.8, 4) is 0 Å². The van der Waals surface area contributed by atoms with Gasteiger partial charge in [0.25, 0.3) is 0 Å². The maximum absolute atomic E-state index is 11.9. The Balaban J connectivity index is 2.09. The van der Waals surface area contributed by atoms with E-state index in [1.165, 1.54) is 10.8 Å². The molecule has 0 aliphatic rings. The Morgan fingerprint density at radius 1 is 1.11 bits per heavy atom. The second-order valence-electron chi connectivity index (χ2n) is 4.46. The maximum atomic E-state index is 11.9. The number of hydrogen-bond acceptors (Lipinski definition) is 2. The summed E-state index contributed by atoms with van der Waals surface area (Å²) in [5.74, 6) is 0.298. The molecule has 1 N–H and O–H groups in total. The second-order valence-corrected chi connectivity index (χ2v) is 4.46. The van der Waals surface area contributed by atoms with Gasteiger partial charge >= 0.3 is 0 Å². The van der Waals surface area contributed by atoms with Gasteiger partial charge in [0.1, 0.15) is 5.78 Å². The predicted octanol–water partition coefficient (Wildman–Crippen LogP) is 2.95. The Kier molecular flexibility index (Phi) is 4.48.